The number of fused-ring (bicyclic) bond motifs is 2. The van der Waals surface area contributed by atoms with Crippen molar-refractivity contribution < 1.29 is 4.74 Å². The largest absolute Gasteiger partial charge is 0.481 e. The van der Waals surface area contributed by atoms with Crippen molar-refractivity contribution >= 4 is 17.0 Å². The Morgan fingerprint density at radius 2 is 2.03 bits per heavy atom. The summed E-state index contributed by atoms with van der Waals surface area (Å²) in [6.07, 6.45) is 7.73. The van der Waals surface area contributed by atoms with Crippen LogP contribution in [-0.4, -0.2) is 52.4 Å². The van der Waals surface area contributed by atoms with Crippen LogP contribution in [0.2, 0.25) is 0 Å². The first-order valence-electron chi connectivity index (χ1n) is 11.1. The predicted molar refractivity (Wildman–Crippen MR) is 119 cm³/mol. The molecule has 2 aliphatic rings. The minimum atomic E-state index is 0.243. The molecule has 1 atom stereocenters. The van der Waals surface area contributed by atoms with Gasteiger partial charge in [-0.3, -0.25) is 0 Å². The lowest BCUT2D eigenvalue weighted by Gasteiger charge is -2.25. The molecule has 0 bridgehead atoms. The molecule has 6 rings (SSSR count). The number of pyridine rings is 1. The normalized spacial score (nSPS) is 18.0. The van der Waals surface area contributed by atoms with Gasteiger partial charge in [0.2, 0.25) is 5.88 Å². The van der Waals surface area contributed by atoms with E-state index in [-0.39, 0.29) is 6.04 Å². The van der Waals surface area contributed by atoms with E-state index < -0.39 is 0 Å². The molecule has 1 saturated carbocycles. The third-order valence-electron chi connectivity index (χ3n) is 6.31. The Bertz CT molecular complexity index is 1270. The fraction of sp³-hybridized carbons (Fsp3) is 0.455. The van der Waals surface area contributed by atoms with Crippen molar-refractivity contribution in [3.63, 3.8) is 0 Å². The number of aromatic nitrogens is 8. The van der Waals surface area contributed by atoms with E-state index in [0.29, 0.717) is 11.8 Å². The van der Waals surface area contributed by atoms with E-state index >= 15 is 0 Å². The molecule has 10 heteroatoms. The lowest BCUT2D eigenvalue weighted by molar-refractivity contribution is 0.398. The summed E-state index contributed by atoms with van der Waals surface area (Å²) in [5.74, 6) is 4.99. The van der Waals surface area contributed by atoms with Gasteiger partial charge in [-0.25, -0.2) is 19.9 Å². The predicted octanol–water partition coefficient (Wildman–Crippen LogP) is 2.81. The third kappa shape index (κ3) is 3.17. The van der Waals surface area contributed by atoms with E-state index in [9.17, 15) is 0 Å². The average molecular weight is 432 g/mol. The van der Waals surface area contributed by atoms with E-state index in [0.717, 1.165) is 65.9 Å². The summed E-state index contributed by atoms with van der Waals surface area (Å²) in [4.78, 5) is 18.4. The van der Waals surface area contributed by atoms with Crippen LogP contribution in [0.1, 0.15) is 43.8 Å². The van der Waals surface area contributed by atoms with Gasteiger partial charge < -0.3 is 19.2 Å². The number of rotatable bonds is 6. The minimum absolute atomic E-state index is 0.243. The highest BCUT2D eigenvalue weighted by Gasteiger charge is 2.33. The highest BCUT2D eigenvalue weighted by molar-refractivity contribution is 5.86. The molecule has 0 spiro atoms. The molecule has 0 amide bonds. The molecule has 32 heavy (non-hydrogen) atoms. The fourth-order valence-electron chi connectivity index (χ4n) is 4.50. The van der Waals surface area contributed by atoms with Gasteiger partial charge >= 0.3 is 0 Å². The highest BCUT2D eigenvalue weighted by Crippen LogP contribution is 2.40. The number of nitrogens with zero attached hydrogens (tertiary/aromatic N) is 8. The SMILES string of the molecule is CCn1c(-c2ccc(OC)nc2)nc2c(NC3CCc4nnc(C5CC5)n4C3)ncnc21. The molecule has 1 N–H and O–H groups in total. The van der Waals surface area contributed by atoms with Gasteiger partial charge in [0, 0.05) is 49.3 Å². The van der Waals surface area contributed by atoms with Gasteiger partial charge in [0.1, 0.15) is 23.8 Å². The third-order valence-corrected chi connectivity index (χ3v) is 6.31. The summed E-state index contributed by atoms with van der Waals surface area (Å²) in [5, 5.41) is 12.5. The monoisotopic (exact) mass is 431 g/mol. The van der Waals surface area contributed by atoms with E-state index in [2.05, 4.69) is 46.5 Å². The van der Waals surface area contributed by atoms with Crippen LogP contribution < -0.4 is 10.1 Å². The van der Waals surface area contributed by atoms with Crippen molar-refractivity contribution in [3.8, 4) is 17.3 Å². The lowest BCUT2D eigenvalue weighted by Crippen LogP contribution is -2.32. The molecule has 0 aromatic carbocycles. The number of imidazole rings is 1. The number of methoxy groups -OCH3 is 1. The molecule has 1 unspecified atom stereocenters. The Morgan fingerprint density at radius 3 is 2.78 bits per heavy atom. The van der Waals surface area contributed by atoms with Crippen molar-refractivity contribution in [2.24, 2.45) is 0 Å². The fourth-order valence-corrected chi connectivity index (χ4v) is 4.50. The van der Waals surface area contributed by atoms with Crippen molar-refractivity contribution in [3.05, 3.63) is 36.3 Å². The number of hydrogen-bond acceptors (Lipinski definition) is 8. The van der Waals surface area contributed by atoms with Crippen molar-refractivity contribution in [2.45, 2.75) is 57.7 Å². The molecule has 10 nitrogen and oxygen atoms in total. The van der Waals surface area contributed by atoms with Crippen LogP contribution >= 0.6 is 0 Å². The first kappa shape index (κ1) is 19.1. The zero-order chi connectivity index (χ0) is 21.7. The van der Waals surface area contributed by atoms with Gasteiger partial charge in [-0.2, -0.15) is 0 Å². The topological polar surface area (TPSA) is 108 Å². The maximum atomic E-state index is 5.19. The number of aryl methyl sites for hydroxylation is 2. The molecule has 1 aliphatic heterocycles. The molecule has 164 valence electrons. The molecule has 0 radical (unpaired) electrons. The molecule has 0 saturated heterocycles. The standard InChI is InChI=1S/C22H25N9O/c1-3-30-20(14-6-9-17(32-2)23-10-14)27-18-19(24-12-25-22(18)30)26-15-7-8-16-28-29-21(13-4-5-13)31(16)11-15/h6,9-10,12-13,15H,3-5,7-8,11H2,1-2H3,(H,24,25,26). The van der Waals surface area contributed by atoms with Crippen LogP contribution in [0.15, 0.2) is 24.7 Å². The number of ether oxygens (including phenoxy) is 1. The minimum Gasteiger partial charge on any atom is -0.481 e. The molecule has 1 fully saturated rings. The van der Waals surface area contributed by atoms with Gasteiger partial charge in [-0.15, -0.1) is 10.2 Å². The van der Waals surface area contributed by atoms with E-state index in [1.54, 1.807) is 19.6 Å². The summed E-state index contributed by atoms with van der Waals surface area (Å²) >= 11 is 0. The van der Waals surface area contributed by atoms with E-state index in [1.807, 2.05) is 12.1 Å². The Morgan fingerprint density at radius 1 is 1.12 bits per heavy atom. The summed E-state index contributed by atoms with van der Waals surface area (Å²) < 4.78 is 9.58. The molecule has 4 aromatic heterocycles. The lowest BCUT2D eigenvalue weighted by atomic mass is 10.1. The maximum absolute atomic E-state index is 5.19. The zero-order valence-electron chi connectivity index (χ0n) is 18.2. The quantitative estimate of drug-likeness (QED) is 0.496. The van der Waals surface area contributed by atoms with Crippen molar-refractivity contribution in [1.29, 1.82) is 0 Å². The zero-order valence-corrected chi connectivity index (χ0v) is 18.2. The first-order chi connectivity index (χ1) is 15.7. The van der Waals surface area contributed by atoms with Gasteiger partial charge in [0.25, 0.3) is 0 Å². The van der Waals surface area contributed by atoms with Gasteiger partial charge in [-0.1, -0.05) is 0 Å². The average Bonchev–Trinajstić information content (AvgIpc) is 3.47. The molecule has 1 aliphatic carbocycles. The maximum Gasteiger partial charge on any atom is 0.212 e. The summed E-state index contributed by atoms with van der Waals surface area (Å²) in [6, 6.07) is 4.05. The second-order valence-corrected chi connectivity index (χ2v) is 8.40. The summed E-state index contributed by atoms with van der Waals surface area (Å²) in [6.45, 7) is 3.68. The van der Waals surface area contributed by atoms with Crippen LogP contribution in [0.25, 0.3) is 22.6 Å². The van der Waals surface area contributed by atoms with Crippen LogP contribution in [0.4, 0.5) is 5.82 Å². The number of hydrogen-bond donors (Lipinski definition) is 1. The Labute approximate surface area is 185 Å². The molecule has 4 aromatic rings. The van der Waals surface area contributed by atoms with Crippen LogP contribution in [-0.2, 0) is 19.5 Å². The Hall–Kier alpha value is -3.56. The van der Waals surface area contributed by atoms with Gasteiger partial charge in [-0.05, 0) is 32.3 Å². The molecular formula is C22H25N9O. The van der Waals surface area contributed by atoms with Gasteiger partial charge in [0.15, 0.2) is 17.0 Å². The smallest absolute Gasteiger partial charge is 0.212 e. The van der Waals surface area contributed by atoms with Crippen molar-refractivity contribution in [1.82, 2.24) is 39.3 Å². The summed E-state index contributed by atoms with van der Waals surface area (Å²) in [5.41, 5.74) is 2.50. The second kappa shape index (κ2) is 7.54. The van der Waals surface area contributed by atoms with Crippen LogP contribution in [0.5, 0.6) is 5.88 Å². The van der Waals surface area contributed by atoms with Gasteiger partial charge in [0.05, 0.1) is 7.11 Å². The summed E-state index contributed by atoms with van der Waals surface area (Å²) in [7, 11) is 1.61. The molecular weight excluding hydrogens is 406 g/mol. The Balaban J connectivity index is 1.33. The van der Waals surface area contributed by atoms with E-state index in [1.165, 1.54) is 12.8 Å². The van der Waals surface area contributed by atoms with E-state index in [4.69, 9.17) is 9.72 Å². The van der Waals surface area contributed by atoms with Crippen molar-refractivity contribution in [2.75, 3.05) is 12.4 Å². The second-order valence-electron chi connectivity index (χ2n) is 8.40. The number of nitrogens with one attached hydrogen (secondary N) is 1. The highest BCUT2D eigenvalue weighted by atomic mass is 16.5. The number of anilines is 1. The van der Waals surface area contributed by atoms with Crippen LogP contribution in [0, 0.1) is 0 Å². The van der Waals surface area contributed by atoms with Crippen LogP contribution in [0.3, 0.4) is 0 Å². The first-order valence-corrected chi connectivity index (χ1v) is 11.1. The molecule has 5 heterocycles. The Kier molecular flexibility index (Phi) is 4.51.